The van der Waals surface area contributed by atoms with Crippen molar-refractivity contribution in [3.05, 3.63) is 78.4 Å². The lowest BCUT2D eigenvalue weighted by Gasteiger charge is -2.25. The Kier molecular flexibility index (Phi) is 5.06. The third kappa shape index (κ3) is 3.47. The fourth-order valence-electron chi connectivity index (χ4n) is 2.98. The van der Waals surface area contributed by atoms with Crippen LogP contribution in [0.1, 0.15) is 5.56 Å². The number of sulfonamides is 1. The molecule has 0 amide bonds. The maximum Gasteiger partial charge on any atom is 0.322 e. The number of likely N-dealkylation sites (N-methyl/N-ethyl adjacent to an activating group) is 1. The number of benzene rings is 3. The zero-order chi connectivity index (χ0) is 18.7. The van der Waals surface area contributed by atoms with Crippen LogP contribution >= 0.6 is 0 Å². The predicted molar refractivity (Wildman–Crippen MR) is 100 cm³/mol. The van der Waals surface area contributed by atoms with E-state index in [0.29, 0.717) is 0 Å². The van der Waals surface area contributed by atoms with Gasteiger partial charge in [0.2, 0.25) is 10.0 Å². The van der Waals surface area contributed by atoms with Gasteiger partial charge in [-0.2, -0.15) is 4.31 Å². The number of aliphatic carboxylic acids is 1. The summed E-state index contributed by atoms with van der Waals surface area (Å²) in [5, 5.41) is 11.6. The molecule has 0 aliphatic carbocycles. The van der Waals surface area contributed by atoms with Crippen LogP contribution in [0.2, 0.25) is 0 Å². The molecule has 0 saturated heterocycles. The quantitative estimate of drug-likeness (QED) is 0.724. The van der Waals surface area contributed by atoms with E-state index in [2.05, 4.69) is 0 Å². The Hall–Kier alpha value is -2.70. The van der Waals surface area contributed by atoms with Crippen LogP contribution in [0.4, 0.5) is 0 Å². The van der Waals surface area contributed by atoms with E-state index in [1.54, 1.807) is 18.2 Å². The lowest BCUT2D eigenvalue weighted by atomic mass is 9.99. The minimum absolute atomic E-state index is 0.0756. The Balaban J connectivity index is 1.98. The summed E-state index contributed by atoms with van der Waals surface area (Å²) in [5.74, 6) is -1.18. The summed E-state index contributed by atoms with van der Waals surface area (Å²) in [4.78, 5) is 11.9. The highest BCUT2D eigenvalue weighted by Crippen LogP contribution is 2.23. The van der Waals surface area contributed by atoms with E-state index < -0.39 is 22.0 Å². The number of carboxylic acids is 1. The molecule has 3 rings (SSSR count). The Morgan fingerprint density at radius 3 is 2.27 bits per heavy atom. The monoisotopic (exact) mass is 369 g/mol. The van der Waals surface area contributed by atoms with Gasteiger partial charge in [0.25, 0.3) is 0 Å². The maximum atomic E-state index is 12.8. The van der Waals surface area contributed by atoms with E-state index in [9.17, 15) is 18.3 Å². The zero-order valence-corrected chi connectivity index (χ0v) is 15.1. The SMILES string of the molecule is CN([C@@H](Cc1cccc2ccccc12)C(=O)O)S(=O)(=O)c1ccccc1. The molecule has 5 nitrogen and oxygen atoms in total. The second kappa shape index (κ2) is 7.27. The van der Waals surface area contributed by atoms with Crippen LogP contribution in [0, 0.1) is 0 Å². The Labute approximate surface area is 152 Å². The number of rotatable bonds is 6. The first-order valence-electron chi connectivity index (χ1n) is 8.14. The Morgan fingerprint density at radius 1 is 0.962 bits per heavy atom. The van der Waals surface area contributed by atoms with Crippen LogP contribution in [0.3, 0.4) is 0 Å². The van der Waals surface area contributed by atoms with Gasteiger partial charge in [-0.25, -0.2) is 8.42 Å². The first kappa shape index (κ1) is 18.1. The highest BCUT2D eigenvalue weighted by Gasteiger charge is 2.33. The fourth-order valence-corrected chi connectivity index (χ4v) is 4.31. The molecule has 26 heavy (non-hydrogen) atoms. The highest BCUT2D eigenvalue weighted by molar-refractivity contribution is 7.89. The topological polar surface area (TPSA) is 74.7 Å². The van der Waals surface area contributed by atoms with Gasteiger partial charge in [-0.3, -0.25) is 4.79 Å². The second-order valence-corrected chi connectivity index (χ2v) is 8.03. The van der Waals surface area contributed by atoms with E-state index in [1.165, 1.54) is 19.2 Å². The third-order valence-electron chi connectivity index (χ3n) is 4.44. The van der Waals surface area contributed by atoms with E-state index in [0.717, 1.165) is 20.6 Å². The van der Waals surface area contributed by atoms with Gasteiger partial charge in [0.15, 0.2) is 0 Å². The number of carbonyl (C=O) groups is 1. The molecule has 0 unspecified atom stereocenters. The molecule has 1 N–H and O–H groups in total. The molecule has 3 aromatic carbocycles. The van der Waals surface area contributed by atoms with E-state index in [-0.39, 0.29) is 11.3 Å². The van der Waals surface area contributed by atoms with Crippen molar-refractivity contribution >= 4 is 26.8 Å². The largest absolute Gasteiger partial charge is 0.480 e. The van der Waals surface area contributed by atoms with E-state index in [4.69, 9.17) is 0 Å². The smallest absolute Gasteiger partial charge is 0.322 e. The molecule has 1 atom stereocenters. The summed E-state index contributed by atoms with van der Waals surface area (Å²) in [6, 6.07) is 19.9. The number of fused-ring (bicyclic) bond motifs is 1. The van der Waals surface area contributed by atoms with Gasteiger partial charge >= 0.3 is 5.97 Å². The molecule has 0 heterocycles. The standard InChI is InChI=1S/C20H19NO4S/c1-21(26(24,25)17-11-3-2-4-12-17)19(20(22)23)14-16-10-7-9-15-8-5-6-13-18(15)16/h2-13,19H,14H2,1H3,(H,22,23)/t19-/m0/s1. The van der Waals surface area contributed by atoms with Crippen molar-refractivity contribution in [1.82, 2.24) is 4.31 Å². The highest BCUT2D eigenvalue weighted by atomic mass is 32.2. The number of carboxylic acid groups (broad SMARTS) is 1. The van der Waals surface area contributed by atoms with Gasteiger partial charge in [-0.15, -0.1) is 0 Å². The zero-order valence-electron chi connectivity index (χ0n) is 14.2. The molecule has 0 spiro atoms. The first-order valence-corrected chi connectivity index (χ1v) is 9.58. The molecule has 0 bridgehead atoms. The summed E-state index contributed by atoms with van der Waals surface area (Å²) in [7, 11) is -2.59. The van der Waals surface area contributed by atoms with Gasteiger partial charge in [0, 0.05) is 13.5 Å². The molecule has 0 aliphatic rings. The van der Waals surface area contributed by atoms with Crippen molar-refractivity contribution in [2.24, 2.45) is 0 Å². The summed E-state index contributed by atoms with van der Waals surface area (Å²) >= 11 is 0. The molecule has 6 heteroatoms. The maximum absolute atomic E-state index is 12.8. The molecule has 0 aliphatic heterocycles. The molecule has 0 aromatic heterocycles. The average Bonchev–Trinajstić information content (AvgIpc) is 2.66. The summed E-state index contributed by atoms with van der Waals surface area (Å²) in [5.41, 5.74) is 0.797. The van der Waals surface area contributed by atoms with Crippen molar-refractivity contribution < 1.29 is 18.3 Å². The number of hydrogen-bond acceptors (Lipinski definition) is 3. The third-order valence-corrected chi connectivity index (χ3v) is 6.32. The second-order valence-electron chi connectivity index (χ2n) is 6.03. The lowest BCUT2D eigenvalue weighted by Crippen LogP contribution is -2.43. The van der Waals surface area contributed by atoms with Crippen molar-refractivity contribution in [3.8, 4) is 0 Å². The first-order chi connectivity index (χ1) is 12.4. The Morgan fingerprint density at radius 2 is 1.58 bits per heavy atom. The van der Waals surface area contributed by atoms with Gasteiger partial charge < -0.3 is 5.11 Å². The van der Waals surface area contributed by atoms with Crippen molar-refractivity contribution in [2.75, 3.05) is 7.05 Å². The molecule has 0 fully saturated rings. The van der Waals surface area contributed by atoms with Crippen molar-refractivity contribution in [3.63, 3.8) is 0 Å². The molecule has 134 valence electrons. The van der Waals surface area contributed by atoms with Crippen LogP contribution in [0.25, 0.3) is 10.8 Å². The minimum Gasteiger partial charge on any atom is -0.480 e. The molecule has 3 aromatic rings. The summed E-state index contributed by atoms with van der Waals surface area (Å²) in [6.45, 7) is 0. The van der Waals surface area contributed by atoms with Crippen molar-refractivity contribution in [2.45, 2.75) is 17.4 Å². The Bertz CT molecular complexity index is 1030. The van der Waals surface area contributed by atoms with Gasteiger partial charge in [-0.05, 0) is 28.5 Å². The van der Waals surface area contributed by atoms with Crippen LogP contribution in [-0.2, 0) is 21.2 Å². The minimum atomic E-state index is -3.90. The van der Waals surface area contributed by atoms with E-state index >= 15 is 0 Å². The van der Waals surface area contributed by atoms with Gasteiger partial charge in [-0.1, -0.05) is 60.7 Å². The van der Waals surface area contributed by atoms with Crippen LogP contribution in [0.5, 0.6) is 0 Å². The van der Waals surface area contributed by atoms with E-state index in [1.807, 2.05) is 42.5 Å². The number of nitrogens with zero attached hydrogens (tertiary/aromatic N) is 1. The van der Waals surface area contributed by atoms with Gasteiger partial charge in [0.05, 0.1) is 4.90 Å². The van der Waals surface area contributed by atoms with Crippen LogP contribution in [0.15, 0.2) is 77.7 Å². The van der Waals surface area contributed by atoms with Crippen LogP contribution < -0.4 is 0 Å². The molecule has 0 radical (unpaired) electrons. The lowest BCUT2D eigenvalue weighted by molar-refractivity contribution is -0.141. The summed E-state index contributed by atoms with van der Waals surface area (Å²) in [6.07, 6.45) is 0.0826. The van der Waals surface area contributed by atoms with Crippen molar-refractivity contribution in [1.29, 1.82) is 0 Å². The number of hydrogen-bond donors (Lipinski definition) is 1. The average molecular weight is 369 g/mol. The van der Waals surface area contributed by atoms with Crippen LogP contribution in [-0.4, -0.2) is 36.9 Å². The predicted octanol–water partition coefficient (Wildman–Crippen LogP) is 3.16. The fraction of sp³-hybridized carbons (Fsp3) is 0.150. The molecular formula is C20H19NO4S. The normalized spacial score (nSPS) is 13.0. The molecule has 0 saturated carbocycles. The molecular weight excluding hydrogens is 350 g/mol. The summed E-state index contributed by atoms with van der Waals surface area (Å²) < 4.78 is 26.5. The van der Waals surface area contributed by atoms with Gasteiger partial charge in [0.1, 0.15) is 6.04 Å².